The Morgan fingerprint density at radius 3 is 2.00 bits per heavy atom. The van der Waals surface area contributed by atoms with Crippen LogP contribution >= 0.6 is 10.2 Å². The summed E-state index contributed by atoms with van der Waals surface area (Å²) in [5.74, 6) is 0.0309. The Balaban J connectivity index is 1.56. The zero-order valence-corrected chi connectivity index (χ0v) is 15.6. The molecule has 148 valence electrons. The van der Waals surface area contributed by atoms with E-state index in [-0.39, 0.29) is 17.4 Å². The number of carbonyl (C=O) groups excluding carboxylic acids is 1. The van der Waals surface area contributed by atoms with Crippen molar-refractivity contribution in [2.45, 2.75) is 50.0 Å². The average Bonchev–Trinajstić information content (AvgIpc) is 2.30. The molecule has 1 saturated carbocycles. The number of amides is 1. The number of nitrogens with zero attached hydrogens (tertiary/aromatic N) is 1. The fourth-order valence-electron chi connectivity index (χ4n) is 3.70. The Hall–Kier alpha value is -1.51. The summed E-state index contributed by atoms with van der Waals surface area (Å²) in [6.45, 7) is 6.48. The lowest BCUT2D eigenvalue weighted by Crippen LogP contribution is -2.63. The van der Waals surface area contributed by atoms with Gasteiger partial charge in [0.25, 0.3) is 0 Å². The third-order valence-electron chi connectivity index (χ3n) is 4.86. The van der Waals surface area contributed by atoms with Gasteiger partial charge in [0.1, 0.15) is 10.5 Å². The minimum atomic E-state index is -9.61. The highest BCUT2D eigenvalue weighted by atomic mass is 32.5. The van der Waals surface area contributed by atoms with Crippen LogP contribution in [0.1, 0.15) is 45.1 Å². The van der Waals surface area contributed by atoms with E-state index in [0.717, 1.165) is 25.0 Å². The smallest absolute Gasteiger partial charge is 0.410 e. The van der Waals surface area contributed by atoms with E-state index in [2.05, 4.69) is 0 Å². The van der Waals surface area contributed by atoms with Gasteiger partial charge in [-0.1, -0.05) is 31.6 Å². The van der Waals surface area contributed by atoms with Crippen LogP contribution in [-0.2, 0) is 4.74 Å². The fourth-order valence-corrected chi connectivity index (χ4v) is 4.35. The standard InChI is InChI=1S/C17H22F5NO2S/c1-16(2,3)25-15(24)23-10-17(11-23)8-13(9-17)12-4-6-14(7-5-12)26(18,19,20,21)22/h4-7,13H,8-11H2,1-3H3. The van der Waals surface area contributed by atoms with Crippen molar-refractivity contribution in [3.8, 4) is 0 Å². The van der Waals surface area contributed by atoms with E-state index in [4.69, 9.17) is 4.74 Å². The Morgan fingerprint density at radius 2 is 1.58 bits per heavy atom. The Bertz CT molecular complexity index is 726. The van der Waals surface area contributed by atoms with Crippen LogP contribution in [0.2, 0.25) is 0 Å². The lowest BCUT2D eigenvalue weighted by atomic mass is 9.56. The summed E-state index contributed by atoms with van der Waals surface area (Å²) in [5.41, 5.74) is 0.0318. The monoisotopic (exact) mass is 399 g/mol. The topological polar surface area (TPSA) is 29.5 Å². The highest BCUT2D eigenvalue weighted by Crippen LogP contribution is 3.02. The number of halogens is 5. The molecule has 0 radical (unpaired) electrons. The van der Waals surface area contributed by atoms with Crippen LogP contribution in [0, 0.1) is 5.41 Å². The molecule has 2 aliphatic rings. The second-order valence-corrected chi connectivity index (χ2v) is 10.9. The van der Waals surface area contributed by atoms with Gasteiger partial charge in [0.05, 0.1) is 0 Å². The molecule has 26 heavy (non-hydrogen) atoms. The molecule has 1 heterocycles. The van der Waals surface area contributed by atoms with Crippen molar-refractivity contribution in [1.82, 2.24) is 4.90 Å². The van der Waals surface area contributed by atoms with E-state index in [1.807, 2.05) is 0 Å². The van der Waals surface area contributed by atoms with E-state index in [9.17, 15) is 24.2 Å². The zero-order chi connectivity index (χ0) is 19.7. The molecular weight excluding hydrogens is 377 g/mol. The highest BCUT2D eigenvalue weighted by molar-refractivity contribution is 8.45. The van der Waals surface area contributed by atoms with Gasteiger partial charge in [-0.15, -0.1) is 0 Å². The molecule has 1 aliphatic heterocycles. The fraction of sp³-hybridized carbons (Fsp3) is 0.588. The van der Waals surface area contributed by atoms with E-state index >= 15 is 0 Å². The SMILES string of the molecule is CC(C)(C)OC(=O)N1CC2(CC(c3ccc(S(F)(F)(F)(F)F)cc3)C2)C1. The van der Waals surface area contributed by atoms with Gasteiger partial charge in [-0.25, -0.2) is 4.79 Å². The van der Waals surface area contributed by atoms with Crippen LogP contribution in [0.15, 0.2) is 29.2 Å². The van der Waals surface area contributed by atoms with Gasteiger partial charge in [-0.3, -0.25) is 0 Å². The Kier molecular flexibility index (Phi) is 3.59. The second kappa shape index (κ2) is 4.85. The van der Waals surface area contributed by atoms with Crippen molar-refractivity contribution in [2.75, 3.05) is 13.1 Å². The first kappa shape index (κ1) is 19.3. The molecule has 1 aromatic rings. The molecule has 1 saturated heterocycles. The summed E-state index contributed by atoms with van der Waals surface area (Å²) in [6, 6.07) is 3.20. The molecule has 9 heteroatoms. The minimum Gasteiger partial charge on any atom is -0.444 e. The Morgan fingerprint density at radius 1 is 1.08 bits per heavy atom. The maximum atomic E-state index is 12.7. The van der Waals surface area contributed by atoms with Crippen molar-refractivity contribution >= 4 is 16.3 Å². The third-order valence-corrected chi connectivity index (χ3v) is 6.02. The Labute approximate surface area is 149 Å². The molecule has 1 spiro atoms. The first-order valence-electron chi connectivity index (χ1n) is 8.28. The molecule has 1 amide bonds. The molecule has 1 aliphatic carbocycles. The maximum absolute atomic E-state index is 12.7. The van der Waals surface area contributed by atoms with Crippen molar-refractivity contribution in [3.63, 3.8) is 0 Å². The molecule has 2 fully saturated rings. The van der Waals surface area contributed by atoms with Crippen molar-refractivity contribution in [2.24, 2.45) is 5.41 Å². The summed E-state index contributed by atoms with van der Waals surface area (Å²) in [4.78, 5) is 11.7. The molecule has 3 rings (SSSR count). The molecule has 3 nitrogen and oxygen atoms in total. The average molecular weight is 399 g/mol. The molecule has 0 atom stereocenters. The molecular formula is C17H22F5NO2S. The third kappa shape index (κ3) is 3.92. The lowest BCUT2D eigenvalue weighted by Gasteiger charge is -2.59. The molecule has 0 N–H and O–H groups in total. The van der Waals surface area contributed by atoms with Crippen molar-refractivity contribution in [1.29, 1.82) is 0 Å². The van der Waals surface area contributed by atoms with Crippen LogP contribution in [0.5, 0.6) is 0 Å². The number of benzene rings is 1. The first-order valence-corrected chi connectivity index (χ1v) is 10.2. The van der Waals surface area contributed by atoms with Crippen LogP contribution in [-0.4, -0.2) is 29.7 Å². The summed E-state index contributed by atoms with van der Waals surface area (Å²) >= 11 is 0. The van der Waals surface area contributed by atoms with Gasteiger partial charge in [-0.2, -0.15) is 0 Å². The molecule has 0 aromatic heterocycles. The number of ether oxygens (including phenoxy) is 1. The summed E-state index contributed by atoms with van der Waals surface area (Å²) in [7, 11) is -9.61. The maximum Gasteiger partial charge on any atom is 0.410 e. The van der Waals surface area contributed by atoms with Gasteiger partial charge in [0.2, 0.25) is 0 Å². The normalized spacial score (nSPS) is 22.8. The number of carbonyl (C=O) groups is 1. The van der Waals surface area contributed by atoms with E-state index < -0.39 is 20.7 Å². The molecule has 0 unspecified atom stereocenters. The summed E-state index contributed by atoms with van der Waals surface area (Å²) in [5, 5.41) is 0. The van der Waals surface area contributed by atoms with Gasteiger partial charge in [-0.05, 0) is 57.2 Å². The first-order chi connectivity index (χ1) is 11.5. The lowest BCUT2D eigenvalue weighted by molar-refractivity contribution is -0.0786. The number of hydrogen-bond donors (Lipinski definition) is 0. The predicted molar refractivity (Wildman–Crippen MR) is 90.1 cm³/mol. The van der Waals surface area contributed by atoms with Gasteiger partial charge >= 0.3 is 16.3 Å². The van der Waals surface area contributed by atoms with Crippen LogP contribution in [0.3, 0.4) is 0 Å². The minimum absolute atomic E-state index is 0.0274. The van der Waals surface area contributed by atoms with Gasteiger partial charge < -0.3 is 9.64 Å². The van der Waals surface area contributed by atoms with Crippen LogP contribution in [0.25, 0.3) is 0 Å². The molecule has 1 aromatic carbocycles. The number of likely N-dealkylation sites (tertiary alicyclic amines) is 1. The zero-order valence-electron chi connectivity index (χ0n) is 14.8. The largest absolute Gasteiger partial charge is 0.444 e. The van der Waals surface area contributed by atoms with E-state index in [0.29, 0.717) is 30.8 Å². The van der Waals surface area contributed by atoms with E-state index in [1.165, 1.54) is 0 Å². The van der Waals surface area contributed by atoms with Gasteiger partial charge in [0.15, 0.2) is 0 Å². The van der Waals surface area contributed by atoms with E-state index in [1.54, 1.807) is 25.7 Å². The van der Waals surface area contributed by atoms with Crippen LogP contribution in [0.4, 0.5) is 24.2 Å². The second-order valence-electron chi connectivity index (χ2n) is 8.48. The summed E-state index contributed by atoms with van der Waals surface area (Å²) < 4.78 is 69.0. The molecule has 0 bridgehead atoms. The quantitative estimate of drug-likeness (QED) is 0.534. The van der Waals surface area contributed by atoms with Crippen molar-refractivity contribution < 1.29 is 29.0 Å². The number of rotatable bonds is 2. The predicted octanol–water partition coefficient (Wildman–Crippen LogP) is 6.46. The summed E-state index contributed by atoms with van der Waals surface area (Å²) in [6.07, 6.45) is 1.08. The van der Waals surface area contributed by atoms with Gasteiger partial charge in [0, 0.05) is 18.5 Å². The van der Waals surface area contributed by atoms with Crippen molar-refractivity contribution in [3.05, 3.63) is 29.8 Å². The number of hydrogen-bond acceptors (Lipinski definition) is 2. The highest BCUT2D eigenvalue weighted by Gasteiger charge is 2.65. The van der Waals surface area contributed by atoms with Crippen LogP contribution < -0.4 is 0 Å².